The van der Waals surface area contributed by atoms with Gasteiger partial charge < -0.3 is 15.3 Å². The van der Waals surface area contributed by atoms with Gasteiger partial charge in [0.1, 0.15) is 0 Å². The maximum atomic E-state index is 12.0. The number of carboxylic acid groups (broad SMARTS) is 1. The molecular formula is C13H17BrN2O3S. The smallest absolute Gasteiger partial charge is 0.306 e. The van der Waals surface area contributed by atoms with Gasteiger partial charge in [-0.3, -0.25) is 9.59 Å². The van der Waals surface area contributed by atoms with E-state index in [0.29, 0.717) is 39.0 Å². The van der Waals surface area contributed by atoms with Crippen molar-refractivity contribution < 1.29 is 14.7 Å². The molecule has 2 rings (SSSR count). The van der Waals surface area contributed by atoms with Crippen LogP contribution in [0.3, 0.4) is 0 Å². The summed E-state index contributed by atoms with van der Waals surface area (Å²) >= 11 is 5.04. The third-order valence-electron chi connectivity index (χ3n) is 3.40. The normalized spacial score (nSPS) is 16.4. The van der Waals surface area contributed by atoms with Gasteiger partial charge in [-0.2, -0.15) is 0 Å². The summed E-state index contributed by atoms with van der Waals surface area (Å²) in [6.07, 6.45) is 1.11. The van der Waals surface area contributed by atoms with E-state index >= 15 is 0 Å². The van der Waals surface area contributed by atoms with E-state index in [2.05, 4.69) is 21.2 Å². The van der Waals surface area contributed by atoms with Gasteiger partial charge in [0.25, 0.3) is 0 Å². The second kappa shape index (κ2) is 7.19. The molecule has 1 aliphatic rings. The summed E-state index contributed by atoms with van der Waals surface area (Å²) in [6.45, 7) is 2.06. The van der Waals surface area contributed by atoms with Gasteiger partial charge in [0.2, 0.25) is 5.91 Å². The third kappa shape index (κ3) is 4.29. The maximum absolute atomic E-state index is 12.0. The number of piperidine rings is 1. The Labute approximate surface area is 130 Å². The first kappa shape index (κ1) is 15.5. The van der Waals surface area contributed by atoms with Crippen molar-refractivity contribution in [3.8, 4) is 0 Å². The van der Waals surface area contributed by atoms with Crippen molar-refractivity contribution in [2.24, 2.45) is 5.92 Å². The Balaban J connectivity index is 1.69. The summed E-state index contributed by atoms with van der Waals surface area (Å²) in [5, 5.41) is 12.0. The van der Waals surface area contributed by atoms with Gasteiger partial charge in [-0.1, -0.05) is 0 Å². The van der Waals surface area contributed by atoms with E-state index in [1.807, 2.05) is 12.1 Å². The number of nitrogens with one attached hydrogen (secondary N) is 1. The van der Waals surface area contributed by atoms with Gasteiger partial charge in [-0.05, 0) is 40.9 Å². The van der Waals surface area contributed by atoms with Crippen LogP contribution >= 0.6 is 27.3 Å². The monoisotopic (exact) mass is 360 g/mol. The number of carbonyl (C=O) groups is 2. The van der Waals surface area contributed by atoms with Crippen LogP contribution in [0.25, 0.3) is 0 Å². The first-order chi connectivity index (χ1) is 9.56. The minimum absolute atomic E-state index is 0.0458. The molecule has 0 spiro atoms. The van der Waals surface area contributed by atoms with Crippen LogP contribution in [0.5, 0.6) is 0 Å². The van der Waals surface area contributed by atoms with Crippen molar-refractivity contribution in [2.45, 2.75) is 19.4 Å². The number of thiophene rings is 1. The van der Waals surface area contributed by atoms with E-state index in [4.69, 9.17) is 5.11 Å². The highest BCUT2D eigenvalue weighted by Gasteiger charge is 2.26. The van der Waals surface area contributed by atoms with Crippen LogP contribution in [0.2, 0.25) is 0 Å². The first-order valence-corrected chi connectivity index (χ1v) is 8.12. The molecule has 0 atom stereocenters. The number of rotatable bonds is 5. The third-order valence-corrected chi connectivity index (χ3v) is 5.02. The Kier molecular flexibility index (Phi) is 5.56. The molecule has 1 aliphatic heterocycles. The van der Waals surface area contributed by atoms with Crippen molar-refractivity contribution in [3.05, 3.63) is 20.8 Å². The minimum atomic E-state index is -0.751. The number of carbonyl (C=O) groups excluding carboxylic acids is 1. The minimum Gasteiger partial charge on any atom is -0.481 e. The largest absolute Gasteiger partial charge is 0.481 e. The number of amides is 1. The molecule has 0 aliphatic carbocycles. The van der Waals surface area contributed by atoms with E-state index in [9.17, 15) is 9.59 Å². The molecule has 1 aromatic rings. The molecule has 0 saturated carbocycles. The number of hydrogen-bond acceptors (Lipinski definition) is 4. The predicted octanol–water partition coefficient (Wildman–Crippen LogP) is 1.92. The molecule has 0 unspecified atom stereocenters. The van der Waals surface area contributed by atoms with Crippen LogP contribution < -0.4 is 5.32 Å². The molecule has 5 nitrogen and oxygen atoms in total. The average molecular weight is 361 g/mol. The zero-order chi connectivity index (χ0) is 14.5. The molecule has 110 valence electrons. The lowest BCUT2D eigenvalue weighted by atomic mass is 9.97. The summed E-state index contributed by atoms with van der Waals surface area (Å²) in [6, 6.07) is 4.00. The second-order valence-corrected chi connectivity index (χ2v) is 7.35. The number of hydrogen-bond donors (Lipinski definition) is 2. The van der Waals surface area contributed by atoms with E-state index in [0.717, 1.165) is 3.79 Å². The van der Waals surface area contributed by atoms with Gasteiger partial charge in [-0.25, -0.2) is 0 Å². The van der Waals surface area contributed by atoms with E-state index in [1.54, 1.807) is 16.2 Å². The number of carboxylic acids is 1. The standard InChI is InChI=1S/C13H17BrN2O3S/c14-11-2-1-10(20-11)7-15-8-12(17)16-5-3-9(4-6-16)13(18)19/h1-2,9,15H,3-8H2,(H,18,19). The Hall–Kier alpha value is -0.920. The fourth-order valence-electron chi connectivity index (χ4n) is 2.23. The summed E-state index contributed by atoms with van der Waals surface area (Å²) in [4.78, 5) is 25.7. The van der Waals surface area contributed by atoms with Crippen molar-refractivity contribution in [1.29, 1.82) is 0 Å². The molecule has 7 heteroatoms. The van der Waals surface area contributed by atoms with Crippen LogP contribution in [-0.4, -0.2) is 41.5 Å². The van der Waals surface area contributed by atoms with Crippen molar-refractivity contribution >= 4 is 39.1 Å². The lowest BCUT2D eigenvalue weighted by molar-refractivity contribution is -0.145. The Bertz CT molecular complexity index is 484. The summed E-state index contributed by atoms with van der Waals surface area (Å²) in [5.74, 6) is -1.00. The van der Waals surface area contributed by atoms with Crippen molar-refractivity contribution in [1.82, 2.24) is 10.2 Å². The van der Waals surface area contributed by atoms with Crippen LogP contribution in [0.4, 0.5) is 0 Å². The maximum Gasteiger partial charge on any atom is 0.306 e. The molecule has 1 saturated heterocycles. The Morgan fingerprint density at radius 2 is 2.10 bits per heavy atom. The molecular weight excluding hydrogens is 344 g/mol. The fourth-order valence-corrected chi connectivity index (χ4v) is 3.68. The average Bonchev–Trinajstić information content (AvgIpc) is 2.84. The number of likely N-dealkylation sites (tertiary alicyclic amines) is 1. The molecule has 0 radical (unpaired) electrons. The van der Waals surface area contributed by atoms with Gasteiger partial charge in [-0.15, -0.1) is 11.3 Å². The lowest BCUT2D eigenvalue weighted by Crippen LogP contribution is -2.43. The summed E-state index contributed by atoms with van der Waals surface area (Å²) < 4.78 is 1.08. The van der Waals surface area contributed by atoms with Crippen molar-refractivity contribution in [2.75, 3.05) is 19.6 Å². The van der Waals surface area contributed by atoms with Crippen LogP contribution in [0, 0.1) is 5.92 Å². The van der Waals surface area contributed by atoms with Crippen LogP contribution in [-0.2, 0) is 16.1 Å². The van der Waals surface area contributed by atoms with E-state index < -0.39 is 5.97 Å². The molecule has 1 fully saturated rings. The van der Waals surface area contributed by atoms with Gasteiger partial charge >= 0.3 is 5.97 Å². The van der Waals surface area contributed by atoms with E-state index in [-0.39, 0.29) is 11.8 Å². The fraction of sp³-hybridized carbons (Fsp3) is 0.538. The highest BCUT2D eigenvalue weighted by Crippen LogP contribution is 2.21. The molecule has 2 N–H and O–H groups in total. The predicted molar refractivity (Wildman–Crippen MR) is 80.7 cm³/mol. The molecule has 20 heavy (non-hydrogen) atoms. The lowest BCUT2D eigenvalue weighted by Gasteiger charge is -2.30. The van der Waals surface area contributed by atoms with Crippen LogP contribution in [0.1, 0.15) is 17.7 Å². The zero-order valence-corrected chi connectivity index (χ0v) is 13.4. The van der Waals surface area contributed by atoms with Gasteiger partial charge in [0.15, 0.2) is 0 Å². The van der Waals surface area contributed by atoms with Gasteiger partial charge in [0.05, 0.1) is 16.2 Å². The topological polar surface area (TPSA) is 69.6 Å². The highest BCUT2D eigenvalue weighted by molar-refractivity contribution is 9.11. The highest BCUT2D eigenvalue weighted by atomic mass is 79.9. The quantitative estimate of drug-likeness (QED) is 0.841. The zero-order valence-electron chi connectivity index (χ0n) is 11.0. The Morgan fingerprint density at radius 3 is 2.65 bits per heavy atom. The number of halogens is 1. The SMILES string of the molecule is O=C(O)C1CCN(C(=O)CNCc2ccc(Br)s2)CC1. The van der Waals surface area contributed by atoms with Gasteiger partial charge in [0, 0.05) is 24.5 Å². The Morgan fingerprint density at radius 1 is 1.40 bits per heavy atom. The molecule has 1 amide bonds. The number of aliphatic carboxylic acids is 1. The van der Waals surface area contributed by atoms with Crippen LogP contribution in [0.15, 0.2) is 15.9 Å². The molecule has 0 bridgehead atoms. The summed E-state index contributed by atoms with van der Waals surface area (Å²) in [7, 11) is 0. The molecule has 1 aromatic heterocycles. The van der Waals surface area contributed by atoms with E-state index in [1.165, 1.54) is 4.88 Å². The molecule has 0 aromatic carbocycles. The second-order valence-electron chi connectivity index (χ2n) is 4.80. The van der Waals surface area contributed by atoms with Crippen molar-refractivity contribution in [3.63, 3.8) is 0 Å². The number of nitrogens with zero attached hydrogens (tertiary/aromatic N) is 1. The molecule has 2 heterocycles. The summed E-state index contributed by atoms with van der Waals surface area (Å²) in [5.41, 5.74) is 0. The first-order valence-electron chi connectivity index (χ1n) is 6.52.